The van der Waals surface area contributed by atoms with Crippen molar-refractivity contribution in [3.8, 4) is 0 Å². The van der Waals surface area contributed by atoms with Crippen LogP contribution in [0.3, 0.4) is 0 Å². The van der Waals surface area contributed by atoms with Gasteiger partial charge in [0.25, 0.3) is 0 Å². The lowest BCUT2D eigenvalue weighted by Crippen LogP contribution is -2.40. The van der Waals surface area contributed by atoms with Gasteiger partial charge in [0.05, 0.1) is 6.61 Å². The Hall–Kier alpha value is -1.55. The summed E-state index contributed by atoms with van der Waals surface area (Å²) < 4.78 is 5.45. The van der Waals surface area contributed by atoms with Crippen molar-refractivity contribution in [1.82, 2.24) is 10.6 Å². The summed E-state index contributed by atoms with van der Waals surface area (Å²) >= 11 is 0. The summed E-state index contributed by atoms with van der Waals surface area (Å²) in [5, 5.41) is 5.97. The predicted molar refractivity (Wildman–Crippen MR) is 79.4 cm³/mol. The van der Waals surface area contributed by atoms with Crippen molar-refractivity contribution >= 4 is 6.03 Å². The molecule has 0 radical (unpaired) electrons. The average Bonchev–Trinajstić information content (AvgIpc) is 2.96. The third-order valence-corrected chi connectivity index (χ3v) is 3.71. The zero-order valence-corrected chi connectivity index (χ0v) is 12.2. The van der Waals surface area contributed by atoms with Gasteiger partial charge in [0.1, 0.15) is 0 Å². The Morgan fingerprint density at radius 1 is 1.25 bits per heavy atom. The van der Waals surface area contributed by atoms with E-state index >= 15 is 0 Å². The number of urea groups is 1. The number of benzene rings is 1. The van der Waals surface area contributed by atoms with Gasteiger partial charge in [-0.15, -0.1) is 0 Å². The molecule has 110 valence electrons. The summed E-state index contributed by atoms with van der Waals surface area (Å²) in [6.45, 7) is 3.82. The molecule has 1 aliphatic carbocycles. The Morgan fingerprint density at radius 2 is 1.95 bits per heavy atom. The van der Waals surface area contributed by atoms with Crippen LogP contribution in [0.1, 0.15) is 43.7 Å². The number of hydrogen-bond donors (Lipinski definition) is 2. The second-order valence-corrected chi connectivity index (χ2v) is 5.21. The number of carbonyl (C=O) groups is 1. The molecule has 0 bridgehead atoms. The highest BCUT2D eigenvalue weighted by molar-refractivity contribution is 5.74. The topological polar surface area (TPSA) is 50.4 Å². The molecule has 1 aliphatic rings. The lowest BCUT2D eigenvalue weighted by molar-refractivity contribution is 0.133. The maximum absolute atomic E-state index is 11.8. The quantitative estimate of drug-likeness (QED) is 0.839. The highest BCUT2D eigenvalue weighted by atomic mass is 16.5. The highest BCUT2D eigenvalue weighted by Gasteiger charge is 2.16. The third kappa shape index (κ3) is 4.53. The van der Waals surface area contributed by atoms with Gasteiger partial charge < -0.3 is 15.4 Å². The number of nitrogens with one attached hydrogen (secondary N) is 2. The highest BCUT2D eigenvalue weighted by Crippen LogP contribution is 2.17. The number of hydrogen-bond acceptors (Lipinski definition) is 2. The monoisotopic (exact) mass is 276 g/mol. The maximum atomic E-state index is 11.8. The Labute approximate surface area is 120 Å². The van der Waals surface area contributed by atoms with Crippen LogP contribution in [0.4, 0.5) is 4.79 Å². The smallest absolute Gasteiger partial charge is 0.315 e. The normalized spacial score (nSPS) is 15.2. The Kier molecular flexibility index (Phi) is 5.87. The minimum absolute atomic E-state index is 0.0666. The molecule has 1 fully saturated rings. The van der Waals surface area contributed by atoms with Crippen LogP contribution in [0.2, 0.25) is 0 Å². The zero-order valence-electron chi connectivity index (χ0n) is 12.2. The molecule has 20 heavy (non-hydrogen) atoms. The molecule has 0 spiro atoms. The van der Waals surface area contributed by atoms with Crippen LogP contribution in [-0.2, 0) is 17.9 Å². The van der Waals surface area contributed by atoms with Crippen molar-refractivity contribution in [3.05, 3.63) is 35.4 Å². The molecule has 0 saturated heterocycles. The van der Waals surface area contributed by atoms with Gasteiger partial charge in [0.15, 0.2) is 0 Å². The first-order valence-corrected chi connectivity index (χ1v) is 7.48. The lowest BCUT2D eigenvalue weighted by Gasteiger charge is -2.14. The Balaban J connectivity index is 1.81. The van der Waals surface area contributed by atoms with Crippen molar-refractivity contribution in [2.45, 2.75) is 51.8 Å². The first kappa shape index (κ1) is 14.9. The lowest BCUT2D eigenvalue weighted by atomic mass is 10.1. The first-order chi connectivity index (χ1) is 9.79. The van der Waals surface area contributed by atoms with E-state index in [0.717, 1.165) is 24.0 Å². The van der Waals surface area contributed by atoms with Gasteiger partial charge in [-0.25, -0.2) is 4.79 Å². The molecule has 2 N–H and O–H groups in total. The van der Waals surface area contributed by atoms with Crippen LogP contribution in [0.15, 0.2) is 24.3 Å². The van der Waals surface area contributed by atoms with Gasteiger partial charge in [-0.05, 0) is 30.9 Å². The van der Waals surface area contributed by atoms with E-state index in [4.69, 9.17) is 4.74 Å². The molecule has 0 aliphatic heterocycles. The Morgan fingerprint density at radius 3 is 2.65 bits per heavy atom. The van der Waals surface area contributed by atoms with Crippen molar-refractivity contribution in [1.29, 1.82) is 0 Å². The van der Waals surface area contributed by atoms with Crippen LogP contribution in [0.5, 0.6) is 0 Å². The molecule has 0 atom stereocenters. The van der Waals surface area contributed by atoms with Crippen LogP contribution in [0.25, 0.3) is 0 Å². The third-order valence-electron chi connectivity index (χ3n) is 3.71. The first-order valence-electron chi connectivity index (χ1n) is 7.48. The van der Waals surface area contributed by atoms with Gasteiger partial charge in [0, 0.05) is 19.2 Å². The molecular formula is C16H24N2O2. The van der Waals surface area contributed by atoms with Crippen molar-refractivity contribution in [2.24, 2.45) is 0 Å². The second kappa shape index (κ2) is 7.90. The number of amides is 2. The van der Waals surface area contributed by atoms with Gasteiger partial charge in [-0.2, -0.15) is 0 Å². The number of rotatable bonds is 6. The van der Waals surface area contributed by atoms with Crippen LogP contribution in [-0.4, -0.2) is 18.7 Å². The molecule has 0 aromatic heterocycles. The second-order valence-electron chi connectivity index (χ2n) is 5.21. The minimum atomic E-state index is -0.0666. The van der Waals surface area contributed by atoms with Crippen molar-refractivity contribution < 1.29 is 9.53 Å². The molecule has 1 aromatic rings. The Bertz CT molecular complexity index is 428. The standard InChI is InChI=1S/C16H24N2O2/c1-2-20-12-14-8-4-3-7-13(14)11-17-16(19)18-15-9-5-6-10-15/h3-4,7-8,15H,2,5-6,9-12H2,1H3,(H2,17,18,19). The molecule has 2 rings (SSSR count). The van der Waals surface area contributed by atoms with Crippen molar-refractivity contribution in [2.75, 3.05) is 6.61 Å². The van der Waals surface area contributed by atoms with Crippen molar-refractivity contribution in [3.63, 3.8) is 0 Å². The summed E-state index contributed by atoms with van der Waals surface area (Å²) in [6, 6.07) is 8.35. The summed E-state index contributed by atoms with van der Waals surface area (Å²) in [5.74, 6) is 0. The fraction of sp³-hybridized carbons (Fsp3) is 0.562. The fourth-order valence-electron chi connectivity index (χ4n) is 2.56. The fourth-order valence-corrected chi connectivity index (χ4v) is 2.56. The molecule has 4 nitrogen and oxygen atoms in total. The van der Waals surface area contributed by atoms with Gasteiger partial charge >= 0.3 is 6.03 Å². The van der Waals surface area contributed by atoms with Crippen LogP contribution >= 0.6 is 0 Å². The van der Waals surface area contributed by atoms with E-state index in [2.05, 4.69) is 10.6 Å². The number of carbonyl (C=O) groups excluding carboxylic acids is 1. The van der Waals surface area contributed by atoms with E-state index in [-0.39, 0.29) is 6.03 Å². The van der Waals surface area contributed by atoms with E-state index in [1.165, 1.54) is 12.8 Å². The largest absolute Gasteiger partial charge is 0.377 e. The van der Waals surface area contributed by atoms with Gasteiger partial charge in [-0.1, -0.05) is 37.1 Å². The summed E-state index contributed by atoms with van der Waals surface area (Å²) in [6.07, 6.45) is 4.66. The van der Waals surface area contributed by atoms with Crippen LogP contribution < -0.4 is 10.6 Å². The molecule has 1 saturated carbocycles. The van der Waals surface area contributed by atoms with Gasteiger partial charge in [-0.3, -0.25) is 0 Å². The summed E-state index contributed by atoms with van der Waals surface area (Å²) in [4.78, 5) is 11.8. The van der Waals surface area contributed by atoms with E-state index in [0.29, 0.717) is 25.8 Å². The van der Waals surface area contributed by atoms with E-state index in [1.807, 2.05) is 31.2 Å². The predicted octanol–water partition coefficient (Wildman–Crippen LogP) is 2.96. The molecule has 4 heteroatoms. The van der Waals surface area contributed by atoms with Crippen LogP contribution in [0, 0.1) is 0 Å². The molecule has 0 heterocycles. The molecular weight excluding hydrogens is 252 g/mol. The SMILES string of the molecule is CCOCc1ccccc1CNC(=O)NC1CCCC1. The summed E-state index contributed by atoms with van der Waals surface area (Å²) in [7, 11) is 0. The molecule has 0 unspecified atom stereocenters. The minimum Gasteiger partial charge on any atom is -0.377 e. The average molecular weight is 276 g/mol. The van der Waals surface area contributed by atoms with E-state index in [9.17, 15) is 4.79 Å². The zero-order chi connectivity index (χ0) is 14.2. The number of ether oxygens (including phenoxy) is 1. The maximum Gasteiger partial charge on any atom is 0.315 e. The van der Waals surface area contributed by atoms with E-state index in [1.54, 1.807) is 0 Å². The van der Waals surface area contributed by atoms with E-state index < -0.39 is 0 Å². The summed E-state index contributed by atoms with van der Waals surface area (Å²) in [5.41, 5.74) is 2.25. The molecule has 1 aromatic carbocycles. The molecule has 2 amide bonds. The van der Waals surface area contributed by atoms with Gasteiger partial charge in [0.2, 0.25) is 0 Å².